The molecule has 0 unspecified atom stereocenters. The predicted octanol–water partition coefficient (Wildman–Crippen LogP) is 4.32. The van der Waals surface area contributed by atoms with Crippen molar-refractivity contribution in [1.82, 2.24) is 0 Å². The third-order valence-electron chi connectivity index (χ3n) is 3.59. The molecule has 0 bridgehead atoms. The first kappa shape index (κ1) is 17.6. The number of nitrogens with two attached hydrogens (primary N) is 1. The normalized spacial score (nSPS) is 11.2. The number of methoxy groups -OCH3 is 1. The summed E-state index contributed by atoms with van der Waals surface area (Å²) in [7, 11) is 1.48. The van der Waals surface area contributed by atoms with Crippen molar-refractivity contribution in [2.75, 3.05) is 30.8 Å². The zero-order chi connectivity index (χ0) is 16.0. The van der Waals surface area contributed by atoms with E-state index >= 15 is 0 Å². The number of benzene rings is 1. The van der Waals surface area contributed by atoms with Crippen LogP contribution in [0.4, 0.5) is 15.8 Å². The Morgan fingerprint density at radius 3 is 2.05 bits per heavy atom. The first-order chi connectivity index (χ1) is 9.85. The van der Waals surface area contributed by atoms with Crippen LogP contribution < -0.4 is 15.4 Å². The van der Waals surface area contributed by atoms with Crippen molar-refractivity contribution in [3.63, 3.8) is 0 Å². The molecule has 1 aromatic carbocycles. The molecule has 1 aromatic rings. The van der Waals surface area contributed by atoms with E-state index in [2.05, 4.69) is 32.6 Å². The smallest absolute Gasteiger partial charge is 0.167 e. The second-order valence-electron chi connectivity index (χ2n) is 6.40. The number of hydrogen-bond donors (Lipinski definition) is 1. The number of anilines is 2. The fourth-order valence-corrected chi connectivity index (χ4v) is 2.17. The minimum Gasteiger partial charge on any atom is -0.494 e. The third kappa shape index (κ3) is 5.44. The van der Waals surface area contributed by atoms with Gasteiger partial charge in [-0.25, -0.2) is 4.39 Å². The summed E-state index contributed by atoms with van der Waals surface area (Å²) in [6.45, 7) is 10.7. The zero-order valence-corrected chi connectivity index (χ0v) is 13.9. The van der Waals surface area contributed by atoms with Crippen molar-refractivity contribution in [1.29, 1.82) is 0 Å². The topological polar surface area (TPSA) is 38.5 Å². The van der Waals surface area contributed by atoms with Crippen molar-refractivity contribution < 1.29 is 9.13 Å². The van der Waals surface area contributed by atoms with Crippen molar-refractivity contribution in [2.45, 2.75) is 40.5 Å². The van der Waals surface area contributed by atoms with E-state index in [0.29, 0.717) is 17.5 Å². The summed E-state index contributed by atoms with van der Waals surface area (Å²) >= 11 is 0. The van der Waals surface area contributed by atoms with Gasteiger partial charge in [-0.3, -0.25) is 0 Å². The van der Waals surface area contributed by atoms with Crippen LogP contribution in [0.1, 0.15) is 40.5 Å². The molecule has 0 heterocycles. The summed E-state index contributed by atoms with van der Waals surface area (Å²) in [6.07, 6.45) is 2.16. The molecule has 4 heteroatoms. The van der Waals surface area contributed by atoms with Gasteiger partial charge >= 0.3 is 0 Å². The summed E-state index contributed by atoms with van der Waals surface area (Å²) in [5.74, 6) is 1.08. The van der Waals surface area contributed by atoms with E-state index in [0.717, 1.165) is 31.6 Å². The average molecular weight is 296 g/mol. The van der Waals surface area contributed by atoms with E-state index in [1.807, 2.05) is 0 Å². The quantitative estimate of drug-likeness (QED) is 0.726. The first-order valence-corrected chi connectivity index (χ1v) is 7.73. The molecule has 0 atom stereocenters. The SMILES string of the molecule is COc1cc(N(CCC(C)C)CCC(C)C)c(N)cc1F. The summed E-state index contributed by atoms with van der Waals surface area (Å²) in [5, 5.41) is 0. The Labute approximate surface area is 128 Å². The number of nitrogen functional groups attached to an aromatic ring is 1. The fraction of sp³-hybridized carbons (Fsp3) is 0.647. The lowest BCUT2D eigenvalue weighted by atomic mass is 10.1. The molecule has 0 aromatic heterocycles. The molecule has 21 heavy (non-hydrogen) atoms. The van der Waals surface area contributed by atoms with Crippen LogP contribution in [0.15, 0.2) is 12.1 Å². The molecule has 1 rings (SSSR count). The number of rotatable bonds is 8. The molecule has 0 radical (unpaired) electrons. The highest BCUT2D eigenvalue weighted by Crippen LogP contribution is 2.31. The van der Waals surface area contributed by atoms with Gasteiger partial charge in [-0.05, 0) is 24.7 Å². The zero-order valence-electron chi connectivity index (χ0n) is 13.9. The van der Waals surface area contributed by atoms with Gasteiger partial charge in [0.2, 0.25) is 0 Å². The minimum absolute atomic E-state index is 0.248. The van der Waals surface area contributed by atoms with Crippen LogP contribution in [-0.2, 0) is 0 Å². The van der Waals surface area contributed by atoms with Crippen molar-refractivity contribution >= 4 is 11.4 Å². The van der Waals surface area contributed by atoms with Gasteiger partial charge < -0.3 is 15.4 Å². The lowest BCUT2D eigenvalue weighted by Gasteiger charge is -2.28. The summed E-state index contributed by atoms with van der Waals surface area (Å²) < 4.78 is 18.8. The average Bonchev–Trinajstić information content (AvgIpc) is 2.39. The van der Waals surface area contributed by atoms with Gasteiger partial charge in [0.25, 0.3) is 0 Å². The molecule has 2 N–H and O–H groups in total. The summed E-state index contributed by atoms with van der Waals surface area (Å²) in [4.78, 5) is 2.25. The predicted molar refractivity (Wildman–Crippen MR) is 88.5 cm³/mol. The second kappa shape index (κ2) is 8.11. The lowest BCUT2D eigenvalue weighted by molar-refractivity contribution is 0.386. The van der Waals surface area contributed by atoms with Crippen LogP contribution in [-0.4, -0.2) is 20.2 Å². The highest BCUT2D eigenvalue weighted by atomic mass is 19.1. The summed E-state index contributed by atoms with van der Waals surface area (Å²) in [6, 6.07) is 3.07. The minimum atomic E-state index is -0.411. The molecule has 0 aliphatic rings. The van der Waals surface area contributed by atoms with Gasteiger partial charge in [-0.1, -0.05) is 27.7 Å². The second-order valence-corrected chi connectivity index (χ2v) is 6.40. The van der Waals surface area contributed by atoms with Gasteiger partial charge in [0.05, 0.1) is 18.5 Å². The molecule has 0 fully saturated rings. The Bertz CT molecular complexity index is 435. The molecule has 0 saturated carbocycles. The third-order valence-corrected chi connectivity index (χ3v) is 3.59. The molecular weight excluding hydrogens is 267 g/mol. The molecule has 0 saturated heterocycles. The standard InChI is InChI=1S/C17H29FN2O/c1-12(2)6-8-20(9-7-13(3)4)16-11-17(21-5)14(18)10-15(16)19/h10-13H,6-9,19H2,1-5H3. The lowest BCUT2D eigenvalue weighted by Crippen LogP contribution is -2.28. The number of halogens is 1. The Morgan fingerprint density at radius 1 is 1.10 bits per heavy atom. The van der Waals surface area contributed by atoms with Gasteiger partial charge in [0.15, 0.2) is 11.6 Å². The fourth-order valence-electron chi connectivity index (χ4n) is 2.17. The number of nitrogens with zero attached hydrogens (tertiary/aromatic N) is 1. The highest BCUT2D eigenvalue weighted by Gasteiger charge is 2.15. The molecule has 120 valence electrons. The van der Waals surface area contributed by atoms with E-state index in [-0.39, 0.29) is 5.75 Å². The van der Waals surface area contributed by atoms with E-state index in [1.54, 1.807) is 6.07 Å². The van der Waals surface area contributed by atoms with Crippen LogP contribution in [0.3, 0.4) is 0 Å². The van der Waals surface area contributed by atoms with Crippen LogP contribution in [0.5, 0.6) is 5.75 Å². The molecule has 0 aliphatic carbocycles. The van der Waals surface area contributed by atoms with Crippen LogP contribution in [0.25, 0.3) is 0 Å². The molecule has 3 nitrogen and oxygen atoms in total. The van der Waals surface area contributed by atoms with Crippen LogP contribution >= 0.6 is 0 Å². The van der Waals surface area contributed by atoms with Crippen LogP contribution in [0.2, 0.25) is 0 Å². The Kier molecular flexibility index (Phi) is 6.79. The van der Waals surface area contributed by atoms with Gasteiger partial charge in [0.1, 0.15) is 0 Å². The van der Waals surface area contributed by atoms with Crippen molar-refractivity contribution in [3.8, 4) is 5.75 Å². The summed E-state index contributed by atoms with van der Waals surface area (Å²) in [5.41, 5.74) is 7.36. The molecule has 0 spiro atoms. The molecule has 0 amide bonds. The van der Waals surface area contributed by atoms with Gasteiger partial charge in [-0.15, -0.1) is 0 Å². The van der Waals surface area contributed by atoms with Gasteiger partial charge in [-0.2, -0.15) is 0 Å². The highest BCUT2D eigenvalue weighted by molar-refractivity contribution is 5.70. The van der Waals surface area contributed by atoms with Gasteiger partial charge in [0, 0.05) is 25.2 Å². The number of hydrogen-bond acceptors (Lipinski definition) is 3. The van der Waals surface area contributed by atoms with E-state index in [9.17, 15) is 4.39 Å². The molecule has 0 aliphatic heterocycles. The Hall–Kier alpha value is -1.45. The maximum Gasteiger partial charge on any atom is 0.167 e. The maximum atomic E-state index is 13.7. The maximum absolute atomic E-state index is 13.7. The number of ether oxygens (including phenoxy) is 1. The van der Waals surface area contributed by atoms with E-state index < -0.39 is 5.82 Å². The van der Waals surface area contributed by atoms with E-state index in [4.69, 9.17) is 10.5 Å². The first-order valence-electron chi connectivity index (χ1n) is 7.73. The molecular formula is C17H29FN2O. The monoisotopic (exact) mass is 296 g/mol. The largest absolute Gasteiger partial charge is 0.494 e. The van der Waals surface area contributed by atoms with E-state index in [1.165, 1.54) is 13.2 Å². The Balaban J connectivity index is 2.99. The van der Waals surface area contributed by atoms with Crippen molar-refractivity contribution in [2.24, 2.45) is 11.8 Å². The Morgan fingerprint density at radius 2 is 1.62 bits per heavy atom. The van der Waals surface area contributed by atoms with Crippen LogP contribution in [0, 0.1) is 17.7 Å². The van der Waals surface area contributed by atoms with Crippen molar-refractivity contribution in [3.05, 3.63) is 17.9 Å².